The fraction of sp³-hybridized carbons (Fsp3) is 0.182. The summed E-state index contributed by atoms with van der Waals surface area (Å²) >= 11 is 8.39. The van der Waals surface area contributed by atoms with Crippen molar-refractivity contribution in [2.45, 2.75) is 10.9 Å². The monoisotopic (exact) mass is 296 g/mol. The van der Waals surface area contributed by atoms with Gasteiger partial charge in [-0.25, -0.2) is 4.57 Å². The minimum absolute atomic E-state index is 0.338. The predicted molar refractivity (Wildman–Crippen MR) is 81.9 cm³/mol. The van der Waals surface area contributed by atoms with Gasteiger partial charge in [-0.2, -0.15) is 0 Å². The van der Waals surface area contributed by atoms with E-state index in [1.165, 1.54) is 17.3 Å². The molecule has 0 spiro atoms. The van der Waals surface area contributed by atoms with Gasteiger partial charge < -0.3 is 5.73 Å². The lowest BCUT2D eigenvalue weighted by Gasteiger charge is -2.07. The van der Waals surface area contributed by atoms with E-state index in [1.54, 1.807) is 16.3 Å². The molecule has 18 heavy (non-hydrogen) atoms. The van der Waals surface area contributed by atoms with Crippen LogP contribution in [0.4, 0.5) is 5.95 Å². The molecule has 1 aromatic carbocycles. The molecular formula is C11H12N4S3. The van der Waals surface area contributed by atoms with Crippen LogP contribution in [0.5, 0.6) is 0 Å². The van der Waals surface area contributed by atoms with Gasteiger partial charge in [0.05, 0.1) is 0 Å². The molecule has 0 bridgehead atoms. The van der Waals surface area contributed by atoms with E-state index in [-0.39, 0.29) is 0 Å². The largest absolute Gasteiger partial charge is 0.368 e. The highest BCUT2D eigenvalue weighted by molar-refractivity contribution is 8.22. The van der Waals surface area contributed by atoms with Crippen molar-refractivity contribution in [3.05, 3.63) is 35.9 Å². The molecule has 2 N–H and O–H groups in total. The molecular weight excluding hydrogens is 284 g/mol. The number of rotatable bonds is 3. The normalized spacial score (nSPS) is 10.5. The SMILES string of the molecule is CSc1nnc(N)n1C(=S)SCc1ccccc1. The molecule has 0 saturated carbocycles. The van der Waals surface area contributed by atoms with Gasteiger partial charge in [-0.05, 0) is 11.8 Å². The zero-order chi connectivity index (χ0) is 13.0. The average molecular weight is 296 g/mol. The smallest absolute Gasteiger partial charge is 0.228 e. The maximum absolute atomic E-state index is 5.76. The fourth-order valence-electron chi connectivity index (χ4n) is 1.37. The van der Waals surface area contributed by atoms with Crippen molar-refractivity contribution in [2.75, 3.05) is 12.0 Å². The lowest BCUT2D eigenvalue weighted by Crippen LogP contribution is -2.10. The lowest BCUT2D eigenvalue weighted by atomic mass is 10.2. The molecule has 0 aliphatic heterocycles. The van der Waals surface area contributed by atoms with Gasteiger partial charge in [0, 0.05) is 5.75 Å². The number of nitrogen functional groups attached to an aromatic ring is 1. The highest BCUT2D eigenvalue weighted by atomic mass is 32.2. The Kier molecular flexibility index (Phi) is 4.62. The van der Waals surface area contributed by atoms with Crippen LogP contribution in [0.25, 0.3) is 0 Å². The number of hydrogen-bond acceptors (Lipinski definition) is 6. The van der Waals surface area contributed by atoms with Crippen LogP contribution in [0.1, 0.15) is 5.56 Å². The Hall–Kier alpha value is -1.05. The predicted octanol–water partition coefficient (Wildman–Crippen LogP) is 2.65. The second-order valence-electron chi connectivity index (χ2n) is 3.42. The number of thiocarbonyl (C=S) groups is 1. The summed E-state index contributed by atoms with van der Waals surface area (Å²) < 4.78 is 2.37. The minimum atomic E-state index is 0.338. The van der Waals surface area contributed by atoms with Gasteiger partial charge >= 0.3 is 0 Å². The van der Waals surface area contributed by atoms with E-state index in [0.717, 1.165) is 10.9 Å². The summed E-state index contributed by atoms with van der Waals surface area (Å²) in [7, 11) is 0. The Bertz CT molecular complexity index is 538. The molecule has 0 aliphatic carbocycles. The molecule has 4 nitrogen and oxygen atoms in total. The van der Waals surface area contributed by atoms with Gasteiger partial charge in [0.25, 0.3) is 0 Å². The van der Waals surface area contributed by atoms with Crippen molar-refractivity contribution in [1.29, 1.82) is 0 Å². The van der Waals surface area contributed by atoms with Crippen LogP contribution >= 0.6 is 35.7 Å². The van der Waals surface area contributed by atoms with Crippen molar-refractivity contribution < 1.29 is 0 Å². The molecule has 1 aromatic heterocycles. The van der Waals surface area contributed by atoms with E-state index in [1.807, 2.05) is 24.5 Å². The topological polar surface area (TPSA) is 56.7 Å². The maximum atomic E-state index is 5.76. The van der Waals surface area contributed by atoms with Gasteiger partial charge in [-0.3, -0.25) is 0 Å². The van der Waals surface area contributed by atoms with Gasteiger partial charge in [0.1, 0.15) is 4.32 Å². The van der Waals surface area contributed by atoms with Gasteiger partial charge in [-0.15, -0.1) is 10.2 Å². The number of hydrogen-bond donors (Lipinski definition) is 1. The van der Waals surface area contributed by atoms with E-state index < -0.39 is 0 Å². The van der Waals surface area contributed by atoms with E-state index >= 15 is 0 Å². The van der Waals surface area contributed by atoms with Crippen molar-refractivity contribution in [2.24, 2.45) is 0 Å². The summed E-state index contributed by atoms with van der Waals surface area (Å²) in [4.78, 5) is 0. The molecule has 0 fully saturated rings. The molecule has 94 valence electrons. The lowest BCUT2D eigenvalue weighted by molar-refractivity contribution is 0.937. The Morgan fingerprint density at radius 3 is 2.72 bits per heavy atom. The number of anilines is 1. The number of thioether (sulfide) groups is 2. The van der Waals surface area contributed by atoms with Gasteiger partial charge in [-0.1, -0.05) is 66.1 Å². The van der Waals surface area contributed by atoms with Gasteiger partial charge in [0.2, 0.25) is 5.95 Å². The van der Waals surface area contributed by atoms with Crippen LogP contribution in [0, 0.1) is 0 Å². The first-order valence-electron chi connectivity index (χ1n) is 5.18. The van der Waals surface area contributed by atoms with E-state index in [4.69, 9.17) is 18.0 Å². The second kappa shape index (κ2) is 6.21. The van der Waals surface area contributed by atoms with Crippen LogP contribution in [0.3, 0.4) is 0 Å². The number of nitrogens with zero attached hydrogens (tertiary/aromatic N) is 3. The third-order valence-corrected chi connectivity index (χ3v) is 4.30. The quantitative estimate of drug-likeness (QED) is 0.694. The third kappa shape index (κ3) is 3.04. The molecule has 2 aromatic rings. The highest BCUT2D eigenvalue weighted by Crippen LogP contribution is 2.21. The molecule has 0 amide bonds. The zero-order valence-corrected chi connectivity index (χ0v) is 12.2. The molecule has 0 saturated heterocycles. The standard InChI is InChI=1S/C11H12N4S3/c1-17-10-14-13-9(12)15(10)11(16)18-7-8-5-3-2-4-6-8/h2-6H,7H2,1H3,(H2,12,13). The highest BCUT2D eigenvalue weighted by Gasteiger charge is 2.13. The van der Waals surface area contributed by atoms with E-state index in [0.29, 0.717) is 10.3 Å². The first-order valence-corrected chi connectivity index (χ1v) is 7.80. The number of aromatic nitrogens is 3. The zero-order valence-electron chi connectivity index (χ0n) is 9.74. The molecule has 2 rings (SSSR count). The Morgan fingerprint density at radius 2 is 2.06 bits per heavy atom. The Labute approximate surface area is 119 Å². The average Bonchev–Trinajstić information content (AvgIpc) is 2.78. The van der Waals surface area contributed by atoms with Crippen molar-refractivity contribution in [3.63, 3.8) is 0 Å². The summed E-state index contributed by atoms with van der Waals surface area (Å²) in [5.41, 5.74) is 6.99. The minimum Gasteiger partial charge on any atom is -0.368 e. The van der Waals surface area contributed by atoms with E-state index in [9.17, 15) is 0 Å². The third-order valence-electron chi connectivity index (χ3n) is 2.23. The van der Waals surface area contributed by atoms with Crippen LogP contribution in [-0.2, 0) is 5.75 Å². The first-order chi connectivity index (χ1) is 8.72. The Morgan fingerprint density at radius 1 is 1.33 bits per heavy atom. The maximum Gasteiger partial charge on any atom is 0.228 e. The summed E-state index contributed by atoms with van der Waals surface area (Å²) in [5, 5.41) is 8.51. The van der Waals surface area contributed by atoms with Crippen LogP contribution in [-0.4, -0.2) is 25.3 Å². The molecule has 0 unspecified atom stereocenters. The fourth-order valence-corrected chi connectivity index (χ4v) is 3.12. The van der Waals surface area contributed by atoms with Crippen molar-refractivity contribution >= 4 is 46.0 Å². The molecule has 0 atom stereocenters. The number of nitrogens with two attached hydrogens (primary N) is 1. The Balaban J connectivity index is 2.06. The van der Waals surface area contributed by atoms with Crippen molar-refractivity contribution in [1.82, 2.24) is 14.8 Å². The van der Waals surface area contributed by atoms with E-state index in [2.05, 4.69) is 22.3 Å². The summed E-state index contributed by atoms with van der Waals surface area (Å²) in [6.07, 6.45) is 1.92. The summed E-state index contributed by atoms with van der Waals surface area (Å²) in [5.74, 6) is 1.15. The second-order valence-corrected chi connectivity index (χ2v) is 5.80. The van der Waals surface area contributed by atoms with Crippen LogP contribution in [0.15, 0.2) is 35.5 Å². The molecule has 0 radical (unpaired) electrons. The molecule has 7 heteroatoms. The number of benzene rings is 1. The van der Waals surface area contributed by atoms with Crippen LogP contribution < -0.4 is 5.73 Å². The molecule has 1 heterocycles. The van der Waals surface area contributed by atoms with Crippen molar-refractivity contribution in [3.8, 4) is 0 Å². The van der Waals surface area contributed by atoms with Crippen LogP contribution in [0.2, 0.25) is 0 Å². The molecule has 0 aliphatic rings. The summed E-state index contributed by atoms with van der Waals surface area (Å²) in [6, 6.07) is 10.2. The first kappa shape index (κ1) is 13.4. The van der Waals surface area contributed by atoms with Gasteiger partial charge in [0.15, 0.2) is 5.16 Å². The summed E-state index contributed by atoms with van der Waals surface area (Å²) in [6.45, 7) is 0.